The molecule has 39 heavy (non-hydrogen) atoms. The molecule has 0 spiro atoms. The number of carbonyl (C=O) groups excluding carboxylic acids is 1. The molecule has 0 radical (unpaired) electrons. The maximum atomic E-state index is 13.1. The number of benzene rings is 1. The number of nitrogens with zero attached hydrogens (tertiary/aromatic N) is 5. The van der Waals surface area contributed by atoms with Crippen LogP contribution in [0.4, 0.5) is 0 Å². The molecule has 7 nitrogen and oxygen atoms in total. The SMILES string of the molecule is CC(C)(C)c1cc(-c2nc(C3CCN(C(=O)Cn4cnc5cccnc54)CC3)sc2Br)cc(C(C)(C)C)c1O. The average molecular weight is 611 g/mol. The van der Waals surface area contributed by atoms with E-state index in [-0.39, 0.29) is 23.3 Å². The predicted molar refractivity (Wildman–Crippen MR) is 160 cm³/mol. The lowest BCUT2D eigenvalue weighted by Crippen LogP contribution is -2.39. The van der Waals surface area contributed by atoms with E-state index in [0.29, 0.717) is 24.8 Å². The van der Waals surface area contributed by atoms with E-state index >= 15 is 0 Å². The molecule has 1 aliphatic rings. The molecular formula is C30H36BrN5O2S. The molecule has 0 unspecified atom stereocenters. The number of aromatic nitrogens is 4. The number of imidazole rings is 1. The largest absolute Gasteiger partial charge is 0.507 e. The smallest absolute Gasteiger partial charge is 0.242 e. The summed E-state index contributed by atoms with van der Waals surface area (Å²) in [6.45, 7) is 14.4. The number of halogens is 1. The molecule has 4 aromatic rings. The lowest BCUT2D eigenvalue weighted by Gasteiger charge is -2.31. The highest BCUT2D eigenvalue weighted by atomic mass is 79.9. The Kier molecular flexibility index (Phi) is 7.35. The zero-order chi connectivity index (χ0) is 28.1. The number of hydrogen-bond acceptors (Lipinski definition) is 6. The van der Waals surface area contributed by atoms with Crippen molar-refractivity contribution in [1.29, 1.82) is 0 Å². The van der Waals surface area contributed by atoms with Gasteiger partial charge in [-0.25, -0.2) is 15.0 Å². The van der Waals surface area contributed by atoms with Crippen LogP contribution in [0.15, 0.2) is 40.6 Å². The van der Waals surface area contributed by atoms with Crippen LogP contribution in [-0.2, 0) is 22.2 Å². The number of hydrogen-bond donors (Lipinski definition) is 1. The van der Waals surface area contributed by atoms with Gasteiger partial charge in [0.25, 0.3) is 0 Å². The summed E-state index contributed by atoms with van der Waals surface area (Å²) in [5, 5.41) is 12.2. The first-order valence-corrected chi connectivity index (χ1v) is 15.0. The third-order valence-corrected chi connectivity index (χ3v) is 9.35. The van der Waals surface area contributed by atoms with Crippen LogP contribution in [0.2, 0.25) is 0 Å². The second kappa shape index (κ2) is 10.3. The maximum Gasteiger partial charge on any atom is 0.242 e. The fourth-order valence-corrected chi connectivity index (χ4v) is 7.02. The lowest BCUT2D eigenvalue weighted by molar-refractivity contribution is -0.132. The Morgan fingerprint density at radius 3 is 2.33 bits per heavy atom. The van der Waals surface area contributed by atoms with Crippen molar-refractivity contribution in [2.24, 2.45) is 0 Å². The second-order valence-corrected chi connectivity index (χ2v) is 14.8. The van der Waals surface area contributed by atoms with Crippen molar-refractivity contribution in [2.45, 2.75) is 77.7 Å². The van der Waals surface area contributed by atoms with E-state index in [1.165, 1.54) is 0 Å². The summed E-state index contributed by atoms with van der Waals surface area (Å²) < 4.78 is 2.82. The van der Waals surface area contributed by atoms with Crippen molar-refractivity contribution in [3.05, 3.63) is 56.7 Å². The number of rotatable bonds is 4. The standard InChI is InChI=1S/C30H36BrN5O2S/c1-29(2,3)20-14-19(15-21(25(20)38)30(4,5)6)24-26(31)39-28(34-24)18-9-12-35(13-10-18)23(37)16-36-17-33-22-8-7-11-32-27(22)36/h7-8,11,14-15,17-18,38H,9-10,12-13,16H2,1-6H3. The van der Waals surface area contributed by atoms with Crippen molar-refractivity contribution >= 4 is 44.3 Å². The first-order chi connectivity index (χ1) is 18.3. The van der Waals surface area contributed by atoms with Crippen molar-refractivity contribution in [2.75, 3.05) is 13.1 Å². The maximum absolute atomic E-state index is 13.1. The molecule has 5 rings (SSSR count). The van der Waals surface area contributed by atoms with Crippen molar-refractivity contribution in [3.63, 3.8) is 0 Å². The van der Waals surface area contributed by atoms with E-state index in [1.807, 2.05) is 21.6 Å². The van der Waals surface area contributed by atoms with Crippen molar-refractivity contribution < 1.29 is 9.90 Å². The zero-order valence-electron chi connectivity index (χ0n) is 23.5. The highest BCUT2D eigenvalue weighted by molar-refractivity contribution is 9.11. The quantitative estimate of drug-likeness (QED) is 0.269. The van der Waals surface area contributed by atoms with E-state index in [0.717, 1.165) is 55.2 Å². The van der Waals surface area contributed by atoms with Crippen LogP contribution >= 0.6 is 27.3 Å². The Morgan fingerprint density at radius 1 is 1.08 bits per heavy atom. The molecule has 0 bridgehead atoms. The minimum absolute atomic E-state index is 0.0907. The van der Waals surface area contributed by atoms with Crippen molar-refractivity contribution in [3.8, 4) is 17.0 Å². The van der Waals surface area contributed by atoms with Crippen molar-refractivity contribution in [1.82, 2.24) is 24.4 Å². The van der Waals surface area contributed by atoms with Crippen LogP contribution in [0.3, 0.4) is 0 Å². The molecule has 1 fully saturated rings. The fraction of sp³-hybridized carbons (Fsp3) is 0.467. The summed E-state index contributed by atoms with van der Waals surface area (Å²) in [7, 11) is 0. The third-order valence-electron chi connectivity index (χ3n) is 7.48. The van der Waals surface area contributed by atoms with E-state index < -0.39 is 0 Å². The molecular weight excluding hydrogens is 574 g/mol. The molecule has 1 aliphatic heterocycles. The van der Waals surface area contributed by atoms with Gasteiger partial charge < -0.3 is 14.6 Å². The summed E-state index contributed by atoms with van der Waals surface area (Å²) in [5.74, 6) is 0.774. The van der Waals surface area contributed by atoms with Crippen LogP contribution in [-0.4, -0.2) is 48.5 Å². The third kappa shape index (κ3) is 5.61. The number of phenols is 1. The molecule has 1 saturated heterocycles. The summed E-state index contributed by atoms with van der Waals surface area (Å²) in [6.07, 6.45) is 5.17. The Bertz CT molecular complexity index is 1490. The van der Waals surface area contributed by atoms with Crippen LogP contribution in [0, 0.1) is 0 Å². The molecule has 1 N–H and O–H groups in total. The predicted octanol–water partition coefficient (Wildman–Crippen LogP) is 7.02. The van der Waals surface area contributed by atoms with E-state index in [2.05, 4.69) is 79.6 Å². The van der Waals surface area contributed by atoms with E-state index in [9.17, 15) is 9.90 Å². The number of phenolic OH excluding ortho intramolecular Hbond substituents is 1. The van der Waals surface area contributed by atoms with Gasteiger partial charge >= 0.3 is 0 Å². The minimum Gasteiger partial charge on any atom is -0.507 e. The van der Waals surface area contributed by atoms with Crippen LogP contribution in [0.25, 0.3) is 22.4 Å². The monoisotopic (exact) mass is 609 g/mol. The zero-order valence-corrected chi connectivity index (χ0v) is 25.9. The first-order valence-electron chi connectivity index (χ1n) is 13.4. The number of carbonyl (C=O) groups is 1. The van der Waals surface area contributed by atoms with Crippen LogP contribution < -0.4 is 0 Å². The van der Waals surface area contributed by atoms with Gasteiger partial charge in [-0.3, -0.25) is 4.79 Å². The van der Waals surface area contributed by atoms with Crippen LogP contribution in [0.1, 0.15) is 76.4 Å². The topological polar surface area (TPSA) is 84.1 Å². The van der Waals surface area contributed by atoms with Gasteiger partial charge in [-0.15, -0.1) is 11.3 Å². The van der Waals surface area contributed by atoms with E-state index in [1.54, 1.807) is 23.9 Å². The minimum atomic E-state index is -0.205. The summed E-state index contributed by atoms with van der Waals surface area (Å²) in [4.78, 5) is 28.8. The molecule has 206 valence electrons. The Balaban J connectivity index is 1.33. The Morgan fingerprint density at radius 2 is 1.72 bits per heavy atom. The van der Waals surface area contributed by atoms with Gasteiger partial charge in [0, 0.05) is 41.9 Å². The lowest BCUT2D eigenvalue weighted by atomic mass is 9.78. The Labute approximate surface area is 242 Å². The molecule has 4 heterocycles. The second-order valence-electron chi connectivity index (χ2n) is 12.5. The highest BCUT2D eigenvalue weighted by Gasteiger charge is 2.30. The molecule has 3 aromatic heterocycles. The molecule has 9 heteroatoms. The summed E-state index contributed by atoms with van der Waals surface area (Å²) in [5.41, 5.74) is 4.92. The summed E-state index contributed by atoms with van der Waals surface area (Å²) >= 11 is 5.47. The number of amides is 1. The number of thiazole rings is 1. The Hall–Kier alpha value is -2.78. The fourth-order valence-electron chi connectivity index (χ4n) is 5.22. The van der Waals surface area contributed by atoms with Gasteiger partial charge in [-0.05, 0) is 63.9 Å². The average Bonchev–Trinajstić information content (AvgIpc) is 3.46. The number of aromatic hydroxyl groups is 1. The van der Waals surface area contributed by atoms with E-state index in [4.69, 9.17) is 4.98 Å². The molecule has 1 amide bonds. The normalized spacial score (nSPS) is 15.3. The number of fused-ring (bicyclic) bond motifs is 1. The number of likely N-dealkylation sites (tertiary alicyclic amines) is 1. The molecule has 1 aromatic carbocycles. The van der Waals surface area contributed by atoms with Gasteiger partial charge in [0.1, 0.15) is 17.8 Å². The first kappa shape index (κ1) is 27.8. The number of piperidine rings is 1. The van der Waals surface area contributed by atoms with Gasteiger partial charge in [0.2, 0.25) is 5.91 Å². The molecule has 0 atom stereocenters. The highest BCUT2D eigenvalue weighted by Crippen LogP contribution is 2.45. The van der Waals surface area contributed by atoms with Gasteiger partial charge in [-0.1, -0.05) is 41.5 Å². The van der Waals surface area contributed by atoms with Gasteiger partial charge in [-0.2, -0.15) is 0 Å². The van der Waals surface area contributed by atoms with Gasteiger partial charge in [0.05, 0.1) is 20.8 Å². The molecule has 0 saturated carbocycles. The summed E-state index contributed by atoms with van der Waals surface area (Å²) in [6, 6.07) is 7.93. The number of pyridine rings is 1. The van der Waals surface area contributed by atoms with Gasteiger partial charge in [0.15, 0.2) is 5.65 Å². The molecule has 0 aliphatic carbocycles. The van der Waals surface area contributed by atoms with Crippen LogP contribution in [0.5, 0.6) is 5.75 Å².